The minimum atomic E-state index is -4.69. The van der Waals surface area contributed by atoms with Crippen molar-refractivity contribution >= 4 is 63.4 Å². The molecule has 2 N–H and O–H groups in total. The van der Waals surface area contributed by atoms with Crippen LogP contribution in [0.2, 0.25) is 0 Å². The van der Waals surface area contributed by atoms with Crippen molar-refractivity contribution in [3.8, 4) is 5.75 Å². The maximum absolute atomic E-state index is 12.7. The van der Waals surface area contributed by atoms with Crippen molar-refractivity contribution in [2.24, 2.45) is 0 Å². The van der Waals surface area contributed by atoms with Crippen LogP contribution in [-0.4, -0.2) is 49.1 Å². The van der Waals surface area contributed by atoms with E-state index in [1.807, 2.05) is 43.3 Å². The molecule has 1 aromatic heterocycles. The lowest BCUT2D eigenvalue weighted by atomic mass is 9.91. The Bertz CT molecular complexity index is 1190. The third kappa shape index (κ3) is 9.84. The summed E-state index contributed by atoms with van der Waals surface area (Å²) in [5, 5.41) is 8.19. The van der Waals surface area contributed by atoms with Gasteiger partial charge in [0.25, 0.3) is 0 Å². The summed E-state index contributed by atoms with van der Waals surface area (Å²) in [6.45, 7) is 0.842. The van der Waals surface area contributed by atoms with E-state index in [9.17, 15) is 13.2 Å². The van der Waals surface area contributed by atoms with Crippen molar-refractivity contribution in [3.05, 3.63) is 52.5 Å². The van der Waals surface area contributed by atoms with E-state index in [1.54, 1.807) is 12.1 Å². The molecule has 12 heteroatoms. The summed E-state index contributed by atoms with van der Waals surface area (Å²) in [6.07, 6.45) is 1.69. The smallest absolute Gasteiger partial charge is 0.405 e. The molecule has 2 aromatic carbocycles. The van der Waals surface area contributed by atoms with Gasteiger partial charge in [-0.1, -0.05) is 34.1 Å². The average Bonchev–Trinajstić information content (AvgIpc) is 2.84. The molecule has 1 fully saturated rings. The highest BCUT2D eigenvalue weighted by Crippen LogP contribution is 2.31. The number of nitrogens with zero attached hydrogens (tertiary/aromatic N) is 3. The molecule has 1 aliphatic rings. The van der Waals surface area contributed by atoms with E-state index < -0.39 is 6.36 Å². The van der Waals surface area contributed by atoms with E-state index >= 15 is 0 Å². The zero-order valence-corrected chi connectivity index (χ0v) is 25.2. The number of nitrogens with one attached hydrogen (secondary N) is 2. The number of fused-ring (bicyclic) bond motifs is 1. The van der Waals surface area contributed by atoms with E-state index in [2.05, 4.69) is 31.3 Å². The van der Waals surface area contributed by atoms with Gasteiger partial charge in [0.1, 0.15) is 11.6 Å². The maximum Gasteiger partial charge on any atom is 0.573 e. The molecule has 0 saturated heterocycles. The summed E-state index contributed by atoms with van der Waals surface area (Å²) < 4.78 is 42.9. The largest absolute Gasteiger partial charge is 0.573 e. The number of unbranched alkanes of at least 4 members (excludes halogenated alkanes) is 1. The fraction of sp³-hybridized carbons (Fsp3) is 0.481. The van der Waals surface area contributed by atoms with Crippen molar-refractivity contribution in [1.82, 2.24) is 15.3 Å². The quantitative estimate of drug-likeness (QED) is 0.221. The first kappa shape index (κ1) is 33.2. The van der Waals surface area contributed by atoms with Gasteiger partial charge < -0.3 is 20.3 Å². The van der Waals surface area contributed by atoms with Crippen molar-refractivity contribution in [2.75, 3.05) is 30.9 Å². The minimum absolute atomic E-state index is 0. The second kappa shape index (κ2) is 15.1. The summed E-state index contributed by atoms with van der Waals surface area (Å²) in [6, 6.07) is 13.6. The van der Waals surface area contributed by atoms with Crippen LogP contribution in [0.3, 0.4) is 0 Å². The van der Waals surface area contributed by atoms with E-state index in [4.69, 9.17) is 9.97 Å². The molecule has 0 unspecified atom stereocenters. The first-order valence-electron chi connectivity index (χ1n) is 12.7. The summed E-state index contributed by atoms with van der Waals surface area (Å²) in [4.78, 5) is 11.5. The van der Waals surface area contributed by atoms with Crippen molar-refractivity contribution < 1.29 is 17.9 Å². The molecule has 39 heavy (non-hydrogen) atoms. The number of rotatable bonds is 10. The molecule has 4 rings (SSSR count). The minimum Gasteiger partial charge on any atom is -0.405 e. The number of hydrogen-bond acceptors (Lipinski definition) is 6. The Morgan fingerprint density at radius 1 is 0.974 bits per heavy atom. The lowest BCUT2D eigenvalue weighted by Gasteiger charge is -2.30. The van der Waals surface area contributed by atoms with Gasteiger partial charge in [-0.25, -0.2) is 4.98 Å². The Morgan fingerprint density at radius 3 is 2.36 bits per heavy atom. The van der Waals surface area contributed by atoms with Crippen LogP contribution in [0.4, 0.5) is 24.9 Å². The molecule has 1 aliphatic carbocycles. The maximum atomic E-state index is 12.7. The summed E-state index contributed by atoms with van der Waals surface area (Å²) >= 11 is 3.21. The molecule has 6 nitrogen and oxygen atoms in total. The molecule has 0 aliphatic heterocycles. The first-order chi connectivity index (χ1) is 17.7. The second-order valence-electron chi connectivity index (χ2n) is 9.69. The van der Waals surface area contributed by atoms with E-state index in [-0.39, 0.29) is 30.6 Å². The molecule has 1 heterocycles. The second-order valence-corrected chi connectivity index (χ2v) is 10.6. The lowest BCUT2D eigenvalue weighted by Crippen LogP contribution is -2.37. The number of aryl methyl sites for hydroxylation is 1. The number of anilines is 2. The molecule has 0 spiro atoms. The van der Waals surface area contributed by atoms with Gasteiger partial charge in [0.15, 0.2) is 0 Å². The van der Waals surface area contributed by atoms with Gasteiger partial charge in [-0.3, -0.25) is 0 Å². The van der Waals surface area contributed by atoms with Crippen LogP contribution in [0.15, 0.2) is 46.9 Å². The van der Waals surface area contributed by atoms with Crippen LogP contribution in [0.25, 0.3) is 10.9 Å². The summed E-state index contributed by atoms with van der Waals surface area (Å²) in [5.74, 6) is 1.44. The molecular formula is C27H35BrCl2F3N5O. The number of alkyl halides is 3. The Kier molecular flexibility index (Phi) is 12.9. The lowest BCUT2D eigenvalue weighted by molar-refractivity contribution is -0.274. The summed E-state index contributed by atoms with van der Waals surface area (Å²) in [5.41, 5.74) is 1.50. The predicted octanol–water partition coefficient (Wildman–Crippen LogP) is 7.54. The third-order valence-electron chi connectivity index (χ3n) is 6.63. The number of benzene rings is 2. The average molecular weight is 653 g/mol. The fourth-order valence-electron chi connectivity index (χ4n) is 4.79. The highest BCUT2D eigenvalue weighted by atomic mass is 79.9. The third-order valence-corrected chi connectivity index (χ3v) is 7.12. The van der Waals surface area contributed by atoms with Crippen LogP contribution in [0.5, 0.6) is 5.75 Å². The standard InChI is InChI=1S/C27H33BrF3N5O.2ClH/c1-36(2)25-22-8-3-4-9-23(22)34-26(35-25)33-21-14-12-20(13-15-21)32-16-6-5-7-18-10-11-19(28)17-24(18)37-27(29,30)31;;/h3-4,8-11,17,20-21,32H,5-7,12-16H2,1-2H3,(H,33,34,35);2*1H/t20-,21+;;. The molecule has 0 bridgehead atoms. The predicted molar refractivity (Wildman–Crippen MR) is 160 cm³/mol. The van der Waals surface area contributed by atoms with Gasteiger partial charge in [-0.05, 0) is 81.3 Å². The van der Waals surface area contributed by atoms with Gasteiger partial charge in [0, 0.05) is 36.0 Å². The molecule has 1 saturated carbocycles. The number of aromatic nitrogens is 2. The zero-order chi connectivity index (χ0) is 26.4. The van der Waals surface area contributed by atoms with Gasteiger partial charge in [0.05, 0.1) is 5.52 Å². The number of ether oxygens (including phenoxy) is 1. The Balaban J connectivity index is 0.00000267. The van der Waals surface area contributed by atoms with Crippen LogP contribution in [0, 0.1) is 0 Å². The van der Waals surface area contributed by atoms with Gasteiger partial charge in [-0.2, -0.15) is 4.98 Å². The Hall–Kier alpha value is -2.01. The van der Waals surface area contributed by atoms with Crippen LogP contribution < -0.4 is 20.3 Å². The normalized spacial score (nSPS) is 17.2. The highest BCUT2D eigenvalue weighted by molar-refractivity contribution is 9.10. The van der Waals surface area contributed by atoms with Gasteiger partial charge in [-0.15, -0.1) is 38.0 Å². The van der Waals surface area contributed by atoms with Crippen molar-refractivity contribution in [1.29, 1.82) is 0 Å². The highest BCUT2D eigenvalue weighted by Gasteiger charge is 2.32. The summed E-state index contributed by atoms with van der Waals surface area (Å²) in [7, 11) is 3.98. The van der Waals surface area contributed by atoms with Crippen molar-refractivity contribution in [3.63, 3.8) is 0 Å². The molecule has 3 aromatic rings. The fourth-order valence-corrected chi connectivity index (χ4v) is 5.13. The topological polar surface area (TPSA) is 62.3 Å². The number of hydrogen-bond donors (Lipinski definition) is 2. The van der Waals surface area contributed by atoms with Crippen molar-refractivity contribution in [2.45, 2.75) is 63.4 Å². The van der Waals surface area contributed by atoms with E-state index in [0.717, 1.165) is 61.8 Å². The van der Waals surface area contributed by atoms with Crippen LogP contribution in [-0.2, 0) is 6.42 Å². The van der Waals surface area contributed by atoms with E-state index in [1.165, 1.54) is 6.07 Å². The van der Waals surface area contributed by atoms with Crippen LogP contribution in [0.1, 0.15) is 44.1 Å². The van der Waals surface area contributed by atoms with Crippen LogP contribution >= 0.6 is 40.7 Å². The van der Waals surface area contributed by atoms with Gasteiger partial charge in [0.2, 0.25) is 5.95 Å². The Labute approximate surface area is 248 Å². The molecule has 0 atom stereocenters. The SMILES string of the molecule is CN(C)c1nc(N[C@H]2CC[C@@H](NCCCCc3ccc(Br)cc3OC(F)(F)F)CC2)nc2ccccc12.Cl.Cl. The first-order valence-corrected chi connectivity index (χ1v) is 13.5. The number of para-hydroxylation sites is 1. The molecule has 216 valence electrons. The molecule has 0 radical (unpaired) electrons. The Morgan fingerprint density at radius 2 is 1.67 bits per heavy atom. The monoisotopic (exact) mass is 651 g/mol. The molecule has 0 amide bonds. The number of halogens is 6. The molecular weight excluding hydrogens is 618 g/mol. The van der Waals surface area contributed by atoms with Gasteiger partial charge >= 0.3 is 6.36 Å². The zero-order valence-electron chi connectivity index (χ0n) is 21.9. The van der Waals surface area contributed by atoms with E-state index in [0.29, 0.717) is 34.5 Å².